The number of hydrogen-bond donors (Lipinski definition) is 1. The molecule has 0 heterocycles. The van der Waals surface area contributed by atoms with Crippen LogP contribution in [0.5, 0.6) is 11.5 Å². The summed E-state index contributed by atoms with van der Waals surface area (Å²) in [6.45, 7) is 1.58. The molecule has 1 aliphatic rings. The van der Waals surface area contributed by atoms with E-state index >= 15 is 0 Å². The number of ketones is 1. The highest BCUT2D eigenvalue weighted by Gasteiger charge is 2.38. The van der Waals surface area contributed by atoms with Crippen molar-refractivity contribution in [3.63, 3.8) is 0 Å². The molecule has 3 rings (SSSR count). The molecular formula is C18H17FO3. The number of aliphatic hydroxyl groups is 1. The maximum absolute atomic E-state index is 14.0. The molecule has 0 aliphatic heterocycles. The highest BCUT2D eigenvalue weighted by Crippen LogP contribution is 2.47. The third-order valence-electron chi connectivity index (χ3n) is 4.18. The number of hydrogen-bond acceptors (Lipinski definition) is 3. The van der Waals surface area contributed by atoms with Crippen LogP contribution in [0.25, 0.3) is 0 Å². The van der Waals surface area contributed by atoms with Gasteiger partial charge in [0.15, 0.2) is 17.3 Å². The average Bonchev–Trinajstić information content (AvgIpc) is 3.28. The van der Waals surface area contributed by atoms with E-state index in [9.17, 15) is 9.18 Å². The van der Waals surface area contributed by atoms with E-state index in [1.54, 1.807) is 0 Å². The van der Waals surface area contributed by atoms with Gasteiger partial charge in [0.05, 0.1) is 0 Å². The zero-order valence-electron chi connectivity index (χ0n) is 12.3. The number of benzene rings is 2. The third-order valence-corrected chi connectivity index (χ3v) is 4.18. The minimum Gasteiger partial charge on any atom is -0.454 e. The monoisotopic (exact) mass is 300 g/mol. The molecule has 0 saturated heterocycles. The molecule has 0 unspecified atom stereocenters. The van der Waals surface area contributed by atoms with Gasteiger partial charge in [0.25, 0.3) is 0 Å². The fourth-order valence-electron chi connectivity index (χ4n) is 2.38. The van der Waals surface area contributed by atoms with Crippen molar-refractivity contribution >= 4 is 5.78 Å². The Balaban J connectivity index is 1.76. The van der Waals surface area contributed by atoms with Gasteiger partial charge in [-0.1, -0.05) is 19.1 Å². The van der Waals surface area contributed by atoms with E-state index in [0.717, 1.165) is 6.07 Å². The van der Waals surface area contributed by atoms with Crippen molar-refractivity contribution in [1.29, 1.82) is 0 Å². The summed E-state index contributed by atoms with van der Waals surface area (Å²) < 4.78 is 19.5. The molecule has 3 nitrogen and oxygen atoms in total. The highest BCUT2D eigenvalue weighted by molar-refractivity contribution is 5.97. The number of rotatable bonds is 5. The van der Waals surface area contributed by atoms with E-state index in [1.165, 1.54) is 30.5 Å². The van der Waals surface area contributed by atoms with Crippen molar-refractivity contribution in [3.8, 4) is 11.5 Å². The van der Waals surface area contributed by atoms with Crippen LogP contribution < -0.4 is 4.74 Å². The smallest absolute Gasteiger partial charge is 0.188 e. The predicted octanol–water partition coefficient (Wildman–Crippen LogP) is 3.84. The van der Waals surface area contributed by atoms with Gasteiger partial charge in [0, 0.05) is 5.56 Å². The van der Waals surface area contributed by atoms with Crippen LogP contribution in [0.3, 0.4) is 0 Å². The van der Waals surface area contributed by atoms with Gasteiger partial charge in [-0.15, -0.1) is 0 Å². The van der Waals surface area contributed by atoms with Crippen LogP contribution in [0.2, 0.25) is 0 Å². The lowest BCUT2D eigenvalue weighted by Crippen LogP contribution is -2.04. The summed E-state index contributed by atoms with van der Waals surface area (Å²) in [5, 5.41) is 8.78. The zero-order chi connectivity index (χ0) is 15.7. The Morgan fingerprint density at radius 1 is 1.23 bits per heavy atom. The molecule has 0 aromatic heterocycles. The Kier molecular flexibility index (Phi) is 3.71. The van der Waals surface area contributed by atoms with Crippen molar-refractivity contribution in [2.75, 3.05) is 6.61 Å². The van der Waals surface area contributed by atoms with Crippen molar-refractivity contribution < 1.29 is 19.0 Å². The van der Waals surface area contributed by atoms with E-state index in [2.05, 4.69) is 6.92 Å². The first-order chi connectivity index (χ1) is 10.5. The second-order valence-corrected chi connectivity index (χ2v) is 5.91. The lowest BCUT2D eigenvalue weighted by molar-refractivity contribution is 0.0903. The van der Waals surface area contributed by atoms with Crippen molar-refractivity contribution in [2.45, 2.75) is 25.2 Å². The van der Waals surface area contributed by atoms with Gasteiger partial charge < -0.3 is 9.84 Å². The molecule has 114 valence electrons. The van der Waals surface area contributed by atoms with E-state index in [-0.39, 0.29) is 16.7 Å². The summed E-state index contributed by atoms with van der Waals surface area (Å²) in [4.78, 5) is 11.3. The first kappa shape index (κ1) is 14.7. The third kappa shape index (κ3) is 2.88. The van der Waals surface area contributed by atoms with Gasteiger partial charge in [-0.25, -0.2) is 4.39 Å². The fraction of sp³-hybridized carbons (Fsp3) is 0.278. The van der Waals surface area contributed by atoms with Gasteiger partial charge in [-0.05, 0) is 54.2 Å². The van der Waals surface area contributed by atoms with E-state index < -0.39 is 18.2 Å². The molecule has 1 saturated carbocycles. The number of halogens is 1. The Hall–Kier alpha value is -2.20. The first-order valence-electron chi connectivity index (χ1n) is 7.24. The van der Waals surface area contributed by atoms with Gasteiger partial charge in [-0.3, -0.25) is 4.79 Å². The fourth-order valence-corrected chi connectivity index (χ4v) is 2.38. The minimum atomic E-state index is -0.639. The summed E-state index contributed by atoms with van der Waals surface area (Å²) in [6.07, 6.45) is 2.39. The summed E-state index contributed by atoms with van der Waals surface area (Å²) in [6, 6.07) is 11.6. The molecule has 0 atom stereocenters. The van der Waals surface area contributed by atoms with E-state index in [1.807, 2.05) is 24.3 Å². The molecule has 2 aromatic rings. The lowest BCUT2D eigenvalue weighted by Gasteiger charge is -2.11. The summed E-state index contributed by atoms with van der Waals surface area (Å²) in [5.74, 6) is -0.544. The second kappa shape index (κ2) is 5.54. The molecule has 1 aliphatic carbocycles. The molecule has 0 spiro atoms. The lowest BCUT2D eigenvalue weighted by atomic mass is 9.99. The Labute approximate surface area is 128 Å². The largest absolute Gasteiger partial charge is 0.454 e. The van der Waals surface area contributed by atoms with Crippen LogP contribution in [-0.4, -0.2) is 17.5 Å². The zero-order valence-corrected chi connectivity index (χ0v) is 12.3. The molecule has 1 N–H and O–H groups in total. The van der Waals surface area contributed by atoms with E-state index in [0.29, 0.717) is 5.75 Å². The van der Waals surface area contributed by atoms with Crippen molar-refractivity contribution in [1.82, 2.24) is 0 Å². The van der Waals surface area contributed by atoms with Crippen LogP contribution in [0.1, 0.15) is 35.7 Å². The van der Waals surface area contributed by atoms with Crippen LogP contribution in [0.15, 0.2) is 42.5 Å². The first-order valence-corrected chi connectivity index (χ1v) is 7.24. The SMILES string of the molecule is CC1(c2ccc(Oc3ccc(C(=O)CO)cc3F)cc2)CC1. The number of Topliss-reactive ketones (excluding diaryl/α,β-unsaturated/α-hetero) is 1. The van der Waals surface area contributed by atoms with Gasteiger partial charge in [-0.2, -0.15) is 0 Å². The maximum Gasteiger partial charge on any atom is 0.188 e. The molecule has 22 heavy (non-hydrogen) atoms. The highest BCUT2D eigenvalue weighted by atomic mass is 19.1. The molecule has 4 heteroatoms. The molecular weight excluding hydrogens is 283 g/mol. The van der Waals surface area contributed by atoms with Gasteiger partial charge in [0.1, 0.15) is 12.4 Å². The quantitative estimate of drug-likeness (QED) is 0.853. The van der Waals surface area contributed by atoms with Crippen LogP contribution in [0.4, 0.5) is 4.39 Å². The predicted molar refractivity (Wildman–Crippen MR) is 80.9 cm³/mol. The molecule has 0 bridgehead atoms. The topological polar surface area (TPSA) is 46.5 Å². The molecule has 0 radical (unpaired) electrons. The van der Waals surface area contributed by atoms with E-state index in [4.69, 9.17) is 9.84 Å². The number of carbonyl (C=O) groups excluding carboxylic acids is 1. The number of aliphatic hydroxyl groups excluding tert-OH is 1. The van der Waals surface area contributed by atoms with Gasteiger partial charge >= 0.3 is 0 Å². The number of ether oxygens (including phenoxy) is 1. The Bertz CT molecular complexity index is 703. The summed E-state index contributed by atoms with van der Waals surface area (Å²) >= 11 is 0. The van der Waals surface area contributed by atoms with Crippen LogP contribution >= 0.6 is 0 Å². The number of carbonyl (C=O) groups is 1. The van der Waals surface area contributed by atoms with Crippen molar-refractivity contribution in [3.05, 3.63) is 59.4 Å². The summed E-state index contributed by atoms with van der Waals surface area (Å²) in [5.41, 5.74) is 1.68. The molecule has 2 aromatic carbocycles. The summed E-state index contributed by atoms with van der Waals surface area (Å²) in [7, 11) is 0. The normalized spacial score (nSPS) is 15.4. The van der Waals surface area contributed by atoms with Gasteiger partial charge in [0.2, 0.25) is 0 Å². The Morgan fingerprint density at radius 3 is 2.45 bits per heavy atom. The molecule has 0 amide bonds. The molecule has 1 fully saturated rings. The van der Waals surface area contributed by atoms with Crippen LogP contribution in [0, 0.1) is 5.82 Å². The minimum absolute atomic E-state index is 0.0554. The standard InChI is InChI=1S/C18H17FO3/c1-18(8-9-18)13-3-5-14(6-4-13)22-17-7-2-12(10-15(17)19)16(21)11-20/h2-7,10,20H,8-9,11H2,1H3. The maximum atomic E-state index is 14.0. The van der Waals surface area contributed by atoms with Crippen molar-refractivity contribution in [2.24, 2.45) is 0 Å². The Morgan fingerprint density at radius 2 is 1.91 bits per heavy atom. The van der Waals surface area contributed by atoms with Crippen LogP contribution in [-0.2, 0) is 5.41 Å². The average molecular weight is 300 g/mol. The second-order valence-electron chi connectivity index (χ2n) is 5.91.